The molecule has 1 unspecified atom stereocenters. The Morgan fingerprint density at radius 3 is 2.22 bits per heavy atom. The number of sulfone groups is 1. The molecule has 1 heterocycles. The predicted molar refractivity (Wildman–Crippen MR) is 71.9 cm³/mol. The summed E-state index contributed by atoms with van der Waals surface area (Å²) in [6, 6.07) is 0. The number of amides is 1. The van der Waals surface area contributed by atoms with E-state index in [1.54, 1.807) is 18.7 Å². The number of piperidine rings is 1. The van der Waals surface area contributed by atoms with Crippen molar-refractivity contribution in [3.05, 3.63) is 0 Å². The van der Waals surface area contributed by atoms with Gasteiger partial charge in [-0.05, 0) is 40.0 Å². The highest BCUT2D eigenvalue weighted by Gasteiger charge is 2.34. The van der Waals surface area contributed by atoms with Gasteiger partial charge >= 0.3 is 0 Å². The van der Waals surface area contributed by atoms with Gasteiger partial charge in [0.15, 0.2) is 9.84 Å². The molecule has 0 aromatic heterocycles. The van der Waals surface area contributed by atoms with Crippen molar-refractivity contribution in [1.29, 1.82) is 0 Å². The number of hydrogen-bond donors (Lipinski definition) is 1. The number of carbonyl (C=O) groups excluding carboxylic acids is 1. The van der Waals surface area contributed by atoms with Crippen LogP contribution < -0.4 is 5.73 Å². The number of rotatable bonds is 4. The normalized spacial score (nSPS) is 19.7. The maximum atomic E-state index is 12.1. The third-order valence-corrected chi connectivity index (χ3v) is 5.55. The van der Waals surface area contributed by atoms with Gasteiger partial charge in [-0.3, -0.25) is 4.79 Å². The quantitative estimate of drug-likeness (QED) is 0.812. The molecule has 0 aromatic carbocycles. The topological polar surface area (TPSA) is 80.5 Å². The van der Waals surface area contributed by atoms with Gasteiger partial charge in [0.2, 0.25) is 5.91 Å². The molecule has 106 valence electrons. The van der Waals surface area contributed by atoms with E-state index in [9.17, 15) is 13.2 Å². The monoisotopic (exact) mass is 276 g/mol. The van der Waals surface area contributed by atoms with Gasteiger partial charge in [-0.15, -0.1) is 0 Å². The highest BCUT2D eigenvalue weighted by molar-refractivity contribution is 7.92. The summed E-state index contributed by atoms with van der Waals surface area (Å²) in [5, 5.41) is -0.988. The van der Waals surface area contributed by atoms with Gasteiger partial charge < -0.3 is 10.6 Å². The maximum Gasteiger partial charge on any atom is 0.240 e. The number of nitrogens with zero attached hydrogens (tertiary/aromatic N) is 1. The predicted octanol–water partition coefficient (Wildman–Crippen LogP) is 0.540. The van der Waals surface area contributed by atoms with Crippen LogP contribution in [-0.2, 0) is 14.6 Å². The largest absolute Gasteiger partial charge is 0.342 e. The molecule has 1 fully saturated rings. The second kappa shape index (κ2) is 5.57. The summed E-state index contributed by atoms with van der Waals surface area (Å²) in [5.41, 5.74) is 4.92. The highest BCUT2D eigenvalue weighted by atomic mass is 32.2. The van der Waals surface area contributed by atoms with E-state index in [4.69, 9.17) is 5.73 Å². The first-order chi connectivity index (χ1) is 8.13. The molecule has 0 radical (unpaired) electrons. The van der Waals surface area contributed by atoms with Crippen molar-refractivity contribution in [2.45, 2.75) is 50.8 Å². The van der Waals surface area contributed by atoms with E-state index in [0.717, 1.165) is 19.3 Å². The van der Waals surface area contributed by atoms with Gasteiger partial charge in [-0.25, -0.2) is 8.42 Å². The van der Waals surface area contributed by atoms with E-state index in [0.29, 0.717) is 13.1 Å². The third-order valence-electron chi connectivity index (χ3n) is 3.13. The smallest absolute Gasteiger partial charge is 0.240 e. The molecule has 6 heteroatoms. The van der Waals surface area contributed by atoms with Crippen LogP contribution in [0.15, 0.2) is 0 Å². The molecule has 1 saturated heterocycles. The molecule has 0 aromatic rings. The second-order valence-corrected chi connectivity index (χ2v) is 8.15. The zero-order valence-corrected chi connectivity index (χ0v) is 12.3. The minimum atomic E-state index is -3.48. The van der Waals surface area contributed by atoms with E-state index in [-0.39, 0.29) is 11.7 Å². The molecule has 2 N–H and O–H groups in total. The van der Waals surface area contributed by atoms with E-state index >= 15 is 0 Å². The first kappa shape index (κ1) is 15.4. The van der Waals surface area contributed by atoms with Gasteiger partial charge in [-0.2, -0.15) is 0 Å². The van der Waals surface area contributed by atoms with E-state index < -0.39 is 20.6 Å². The van der Waals surface area contributed by atoms with Crippen LogP contribution in [0.5, 0.6) is 0 Å². The fourth-order valence-corrected chi connectivity index (χ4v) is 3.91. The van der Waals surface area contributed by atoms with Crippen LogP contribution >= 0.6 is 0 Å². The Morgan fingerprint density at radius 1 is 1.28 bits per heavy atom. The Bertz CT molecular complexity index is 392. The fraction of sp³-hybridized carbons (Fsp3) is 0.917. The van der Waals surface area contributed by atoms with E-state index in [2.05, 4.69) is 0 Å². The van der Waals surface area contributed by atoms with Crippen molar-refractivity contribution in [1.82, 2.24) is 4.90 Å². The van der Waals surface area contributed by atoms with Crippen LogP contribution in [-0.4, -0.2) is 48.9 Å². The van der Waals surface area contributed by atoms with Crippen molar-refractivity contribution in [2.24, 2.45) is 5.73 Å². The van der Waals surface area contributed by atoms with Crippen LogP contribution in [0.4, 0.5) is 0 Å². The van der Waals surface area contributed by atoms with Crippen LogP contribution in [0, 0.1) is 0 Å². The second-order valence-electron chi connectivity index (χ2n) is 5.82. The molecule has 18 heavy (non-hydrogen) atoms. The van der Waals surface area contributed by atoms with Crippen molar-refractivity contribution in [3.8, 4) is 0 Å². The first-order valence-electron chi connectivity index (χ1n) is 6.43. The van der Waals surface area contributed by atoms with Gasteiger partial charge in [0, 0.05) is 18.6 Å². The zero-order valence-electron chi connectivity index (χ0n) is 11.5. The molecule has 1 aliphatic rings. The van der Waals surface area contributed by atoms with Gasteiger partial charge in [0.05, 0.1) is 5.75 Å². The zero-order chi connectivity index (χ0) is 14.0. The van der Waals surface area contributed by atoms with Crippen LogP contribution in [0.3, 0.4) is 0 Å². The lowest BCUT2D eigenvalue weighted by Crippen LogP contribution is -2.48. The summed E-state index contributed by atoms with van der Waals surface area (Å²) in [5.74, 6) is -0.445. The SMILES string of the molecule is CC(C(=O)N1CCCCC1)S(=O)(=O)CC(C)(C)N. The van der Waals surface area contributed by atoms with E-state index in [1.165, 1.54) is 6.92 Å². The average molecular weight is 276 g/mol. The Morgan fingerprint density at radius 2 is 1.78 bits per heavy atom. The molecular weight excluding hydrogens is 252 g/mol. The van der Waals surface area contributed by atoms with Gasteiger partial charge in [-0.1, -0.05) is 0 Å². The number of likely N-dealkylation sites (tertiary alicyclic amines) is 1. The lowest BCUT2D eigenvalue weighted by Gasteiger charge is -2.30. The Kier molecular flexibility index (Phi) is 4.78. The van der Waals surface area contributed by atoms with Gasteiger partial charge in [0.25, 0.3) is 0 Å². The average Bonchev–Trinajstić information content (AvgIpc) is 2.25. The lowest BCUT2D eigenvalue weighted by atomic mass is 10.1. The first-order valence-corrected chi connectivity index (χ1v) is 8.14. The third kappa shape index (κ3) is 4.24. The van der Waals surface area contributed by atoms with Crippen molar-refractivity contribution < 1.29 is 13.2 Å². The number of carbonyl (C=O) groups is 1. The molecule has 1 aliphatic heterocycles. The summed E-state index contributed by atoms with van der Waals surface area (Å²) in [4.78, 5) is 13.8. The Hall–Kier alpha value is -0.620. The summed E-state index contributed by atoms with van der Waals surface area (Å²) in [6.45, 7) is 6.12. The molecule has 1 amide bonds. The summed E-state index contributed by atoms with van der Waals surface area (Å²) in [7, 11) is -3.48. The van der Waals surface area contributed by atoms with Crippen molar-refractivity contribution >= 4 is 15.7 Å². The Balaban J connectivity index is 2.73. The van der Waals surface area contributed by atoms with Crippen molar-refractivity contribution in [2.75, 3.05) is 18.8 Å². The van der Waals surface area contributed by atoms with Crippen LogP contribution in [0.2, 0.25) is 0 Å². The highest BCUT2D eigenvalue weighted by Crippen LogP contribution is 2.15. The maximum absolute atomic E-state index is 12.1. The Labute approximate surface area is 110 Å². The number of nitrogens with two attached hydrogens (primary N) is 1. The standard InChI is InChI=1S/C12H24N2O3S/c1-10(18(16,17)9-12(2,3)13)11(15)14-7-5-4-6-8-14/h10H,4-9,13H2,1-3H3. The minimum absolute atomic E-state index is 0.166. The van der Waals surface area contributed by atoms with E-state index in [1.807, 2.05) is 0 Å². The molecule has 0 saturated carbocycles. The molecule has 5 nitrogen and oxygen atoms in total. The summed E-state index contributed by atoms with van der Waals surface area (Å²) in [6.07, 6.45) is 3.03. The molecule has 0 aliphatic carbocycles. The molecule has 1 rings (SSSR count). The lowest BCUT2D eigenvalue weighted by molar-refractivity contribution is -0.131. The fourth-order valence-electron chi connectivity index (χ4n) is 2.17. The molecule has 0 spiro atoms. The van der Waals surface area contributed by atoms with Crippen LogP contribution in [0.25, 0.3) is 0 Å². The van der Waals surface area contributed by atoms with Crippen molar-refractivity contribution in [3.63, 3.8) is 0 Å². The summed E-state index contributed by atoms with van der Waals surface area (Å²) >= 11 is 0. The molecule has 0 bridgehead atoms. The number of hydrogen-bond acceptors (Lipinski definition) is 4. The molecule has 1 atom stereocenters. The minimum Gasteiger partial charge on any atom is -0.342 e. The summed E-state index contributed by atoms with van der Waals surface area (Å²) < 4.78 is 24.2. The van der Waals surface area contributed by atoms with Crippen LogP contribution in [0.1, 0.15) is 40.0 Å². The molecular formula is C12H24N2O3S. The van der Waals surface area contributed by atoms with Gasteiger partial charge in [0.1, 0.15) is 5.25 Å².